The molecule has 2 aliphatic rings. The first-order valence-corrected chi connectivity index (χ1v) is 10.6. The molecule has 0 amide bonds. The molecule has 0 aliphatic carbocycles. The molecule has 0 fully saturated rings. The van der Waals surface area contributed by atoms with Crippen LogP contribution in [0.1, 0.15) is 22.9 Å². The van der Waals surface area contributed by atoms with E-state index in [4.69, 9.17) is 4.74 Å². The Morgan fingerprint density at radius 3 is 2.96 bits per heavy atom. The number of fused-ring (bicyclic) bond motifs is 2. The van der Waals surface area contributed by atoms with Crippen LogP contribution in [0, 0.1) is 0 Å². The fraction of sp³-hybridized carbons (Fsp3) is 0.476. The maximum Gasteiger partial charge on any atom is 0.191 e. The molecule has 0 saturated heterocycles. The smallest absolute Gasteiger partial charge is 0.191 e. The first-order valence-electron chi connectivity index (χ1n) is 9.71. The number of hydrogen-bond acceptors (Lipinski definition) is 4. The van der Waals surface area contributed by atoms with E-state index in [1.165, 1.54) is 17.5 Å². The monoisotopic (exact) mass is 512 g/mol. The number of rotatable bonds is 5. The third-order valence-corrected chi connectivity index (χ3v) is 6.48. The number of thiophene rings is 1. The quantitative estimate of drug-likeness (QED) is 0.367. The Bertz CT molecular complexity index is 784. The number of nitrogens with zero attached hydrogens (tertiary/aromatic N) is 2. The highest BCUT2D eigenvalue weighted by atomic mass is 127. The summed E-state index contributed by atoms with van der Waals surface area (Å²) >= 11 is 1.89. The lowest BCUT2D eigenvalue weighted by atomic mass is 10.1. The van der Waals surface area contributed by atoms with Gasteiger partial charge in [0.15, 0.2) is 5.96 Å². The van der Waals surface area contributed by atoms with Gasteiger partial charge >= 0.3 is 0 Å². The van der Waals surface area contributed by atoms with E-state index in [0.717, 1.165) is 44.3 Å². The van der Waals surface area contributed by atoms with Gasteiger partial charge < -0.3 is 15.4 Å². The van der Waals surface area contributed by atoms with Crippen LogP contribution in [0.2, 0.25) is 0 Å². The van der Waals surface area contributed by atoms with Gasteiger partial charge in [-0.2, -0.15) is 0 Å². The van der Waals surface area contributed by atoms with E-state index in [0.29, 0.717) is 6.04 Å². The number of para-hydroxylation sites is 1. The zero-order chi connectivity index (χ0) is 18.6. The molecule has 0 spiro atoms. The van der Waals surface area contributed by atoms with Crippen LogP contribution in [0.4, 0.5) is 0 Å². The maximum absolute atomic E-state index is 6.00. The fourth-order valence-electron chi connectivity index (χ4n) is 3.82. The van der Waals surface area contributed by atoms with Crippen LogP contribution >= 0.6 is 35.3 Å². The van der Waals surface area contributed by atoms with Crippen molar-refractivity contribution in [3.8, 4) is 5.75 Å². The summed E-state index contributed by atoms with van der Waals surface area (Å²) in [5, 5.41) is 9.10. The summed E-state index contributed by atoms with van der Waals surface area (Å²) in [4.78, 5) is 8.47. The lowest BCUT2D eigenvalue weighted by Gasteiger charge is -2.32. The van der Waals surface area contributed by atoms with Crippen LogP contribution in [0.15, 0.2) is 40.7 Å². The Balaban J connectivity index is 0.00000225. The lowest BCUT2D eigenvalue weighted by molar-refractivity contribution is 0.192. The van der Waals surface area contributed by atoms with Gasteiger partial charge in [0.25, 0.3) is 0 Å². The van der Waals surface area contributed by atoms with Gasteiger partial charge in [0.05, 0.1) is 6.54 Å². The minimum Gasteiger partial charge on any atom is -0.488 e. The molecular weight excluding hydrogens is 483 g/mol. The molecule has 0 bridgehead atoms. The highest BCUT2D eigenvalue weighted by molar-refractivity contribution is 14.0. The first kappa shape index (κ1) is 21.4. The predicted molar refractivity (Wildman–Crippen MR) is 127 cm³/mol. The molecule has 2 unspecified atom stereocenters. The molecule has 4 rings (SSSR count). The number of nitrogens with one attached hydrogen (secondary N) is 2. The molecule has 7 heteroatoms. The van der Waals surface area contributed by atoms with E-state index in [2.05, 4.69) is 51.0 Å². The highest BCUT2D eigenvalue weighted by Gasteiger charge is 2.23. The van der Waals surface area contributed by atoms with Crippen LogP contribution in [0.3, 0.4) is 0 Å². The van der Waals surface area contributed by atoms with Crippen molar-refractivity contribution in [3.05, 3.63) is 51.7 Å². The second kappa shape index (κ2) is 9.93. The molecular formula is C21H29IN4OS. The van der Waals surface area contributed by atoms with E-state index < -0.39 is 0 Å². The molecule has 0 radical (unpaired) electrons. The van der Waals surface area contributed by atoms with Crippen LogP contribution < -0.4 is 15.4 Å². The van der Waals surface area contributed by atoms with Crippen molar-refractivity contribution in [2.24, 2.45) is 4.99 Å². The molecule has 2 aliphatic heterocycles. The number of aliphatic imine (C=N–C) groups is 1. The summed E-state index contributed by atoms with van der Waals surface area (Å²) in [5.74, 6) is 1.86. The zero-order valence-corrected chi connectivity index (χ0v) is 19.6. The molecule has 3 heterocycles. The first-order chi connectivity index (χ1) is 13.2. The maximum atomic E-state index is 6.00. The topological polar surface area (TPSA) is 48.9 Å². The lowest BCUT2D eigenvalue weighted by Crippen LogP contribution is -2.48. The van der Waals surface area contributed by atoms with Crippen molar-refractivity contribution in [1.29, 1.82) is 0 Å². The van der Waals surface area contributed by atoms with Gasteiger partial charge in [-0.1, -0.05) is 18.2 Å². The summed E-state index contributed by atoms with van der Waals surface area (Å²) in [6.45, 7) is 6.11. The van der Waals surface area contributed by atoms with E-state index in [9.17, 15) is 0 Å². The van der Waals surface area contributed by atoms with Gasteiger partial charge in [0.1, 0.15) is 11.9 Å². The van der Waals surface area contributed by atoms with Crippen molar-refractivity contribution in [1.82, 2.24) is 15.5 Å². The summed E-state index contributed by atoms with van der Waals surface area (Å²) in [6.07, 6.45) is 2.29. The van der Waals surface area contributed by atoms with Gasteiger partial charge in [-0.25, -0.2) is 0 Å². The molecule has 2 aromatic rings. The Labute approximate surface area is 188 Å². The van der Waals surface area contributed by atoms with Crippen molar-refractivity contribution in [2.75, 3.05) is 26.7 Å². The van der Waals surface area contributed by atoms with Crippen LogP contribution in [-0.2, 0) is 19.4 Å². The predicted octanol–water partition coefficient (Wildman–Crippen LogP) is 3.28. The second-order valence-corrected chi connectivity index (χ2v) is 8.32. The fourth-order valence-corrected chi connectivity index (χ4v) is 4.71. The third kappa shape index (κ3) is 4.99. The Hall–Kier alpha value is -1.32. The van der Waals surface area contributed by atoms with E-state index >= 15 is 0 Å². The van der Waals surface area contributed by atoms with Crippen LogP contribution in [-0.4, -0.2) is 49.7 Å². The van der Waals surface area contributed by atoms with Gasteiger partial charge in [-0.3, -0.25) is 9.89 Å². The minimum absolute atomic E-state index is 0. The molecule has 0 saturated carbocycles. The molecule has 1 aromatic heterocycles. The summed E-state index contributed by atoms with van der Waals surface area (Å²) in [5.41, 5.74) is 2.79. The van der Waals surface area contributed by atoms with Crippen LogP contribution in [0.25, 0.3) is 0 Å². The van der Waals surface area contributed by atoms with Crippen molar-refractivity contribution in [2.45, 2.75) is 38.5 Å². The summed E-state index contributed by atoms with van der Waals surface area (Å²) < 4.78 is 6.00. The van der Waals surface area contributed by atoms with Crippen molar-refractivity contribution < 1.29 is 4.74 Å². The normalized spacial score (nSPS) is 19.8. The summed E-state index contributed by atoms with van der Waals surface area (Å²) in [7, 11) is 1.82. The largest absolute Gasteiger partial charge is 0.488 e. The van der Waals surface area contributed by atoms with E-state index in [1.807, 2.05) is 30.5 Å². The SMILES string of the molecule is CN=C(NCC1Cc2ccccc2O1)NCC(C)N1CCc2sccc2C1.I. The van der Waals surface area contributed by atoms with Crippen molar-refractivity contribution >= 4 is 41.3 Å². The Kier molecular flexibility index (Phi) is 7.59. The van der Waals surface area contributed by atoms with Crippen LogP contribution in [0.5, 0.6) is 5.75 Å². The molecule has 152 valence electrons. The average Bonchev–Trinajstić information content (AvgIpc) is 3.33. The molecule has 2 N–H and O–H groups in total. The molecule has 2 atom stereocenters. The number of benzene rings is 1. The standard InChI is InChI=1S/C21H28N4OS.HI/c1-15(25-9-7-20-17(14-25)8-10-27-20)12-23-21(22-2)24-13-18-11-16-5-3-4-6-19(16)26-18;/h3-6,8,10,15,18H,7,9,11-14H2,1-2H3,(H2,22,23,24);1H. The van der Waals surface area contributed by atoms with E-state index in [1.54, 1.807) is 4.88 Å². The van der Waals surface area contributed by atoms with Gasteiger partial charge in [0, 0.05) is 44.0 Å². The molecule has 5 nitrogen and oxygen atoms in total. The molecule has 1 aromatic carbocycles. The number of hydrogen-bond donors (Lipinski definition) is 2. The second-order valence-electron chi connectivity index (χ2n) is 7.32. The highest BCUT2D eigenvalue weighted by Crippen LogP contribution is 2.27. The Morgan fingerprint density at radius 1 is 1.29 bits per heavy atom. The molecule has 28 heavy (non-hydrogen) atoms. The van der Waals surface area contributed by atoms with E-state index in [-0.39, 0.29) is 30.1 Å². The number of guanidine groups is 1. The zero-order valence-electron chi connectivity index (χ0n) is 16.5. The van der Waals surface area contributed by atoms with Gasteiger partial charge in [-0.05, 0) is 42.0 Å². The average molecular weight is 512 g/mol. The summed E-state index contributed by atoms with van der Waals surface area (Å²) in [6, 6.07) is 11.0. The Morgan fingerprint density at radius 2 is 2.14 bits per heavy atom. The van der Waals surface area contributed by atoms with Crippen molar-refractivity contribution in [3.63, 3.8) is 0 Å². The number of halogens is 1. The minimum atomic E-state index is 0. The van der Waals surface area contributed by atoms with Gasteiger partial charge in [-0.15, -0.1) is 35.3 Å². The third-order valence-electron chi connectivity index (χ3n) is 5.46. The number of ether oxygens (including phenoxy) is 1. The van der Waals surface area contributed by atoms with Gasteiger partial charge in [0.2, 0.25) is 0 Å².